The van der Waals surface area contributed by atoms with E-state index in [2.05, 4.69) is 17.9 Å². The number of benzene rings is 1. The minimum absolute atomic E-state index is 0.219. The van der Waals surface area contributed by atoms with Gasteiger partial charge in [0.25, 0.3) is 0 Å². The third kappa shape index (κ3) is 3.69. The van der Waals surface area contributed by atoms with Crippen LogP contribution in [0.4, 0.5) is 0 Å². The molecule has 2 rings (SSSR count). The fourth-order valence-corrected chi connectivity index (χ4v) is 3.07. The van der Waals surface area contributed by atoms with Gasteiger partial charge >= 0.3 is 0 Å². The van der Waals surface area contributed by atoms with E-state index in [0.717, 1.165) is 43.1 Å². The lowest BCUT2D eigenvalue weighted by atomic mass is 10.0. The van der Waals surface area contributed by atoms with Crippen LogP contribution in [0.2, 0.25) is 5.02 Å². The highest BCUT2D eigenvalue weighted by Gasteiger charge is 2.26. The summed E-state index contributed by atoms with van der Waals surface area (Å²) in [5.74, 6) is 0. The summed E-state index contributed by atoms with van der Waals surface area (Å²) in [6, 6.07) is 8.22. The fraction of sp³-hybridized carbons (Fsp3) is 0.600. The van der Waals surface area contributed by atoms with Crippen molar-refractivity contribution in [3.63, 3.8) is 0 Å². The molecule has 1 aromatic rings. The standard InChI is InChI=1S/C15H23ClN2O/c1-2-19-12-7-9-18(10-8-12)15(11-17)13-5-3-4-6-14(13)16/h3-6,12,15H,2,7-11,17H2,1H3. The highest BCUT2D eigenvalue weighted by molar-refractivity contribution is 6.31. The molecule has 19 heavy (non-hydrogen) atoms. The van der Waals surface area contributed by atoms with Crippen LogP contribution in [0.5, 0.6) is 0 Å². The van der Waals surface area contributed by atoms with Crippen LogP contribution in [-0.2, 0) is 4.74 Å². The molecule has 1 aliphatic heterocycles. The summed E-state index contributed by atoms with van der Waals surface area (Å²) in [4.78, 5) is 2.43. The van der Waals surface area contributed by atoms with Crippen LogP contribution in [0.15, 0.2) is 24.3 Å². The molecule has 1 unspecified atom stereocenters. The molecule has 1 atom stereocenters. The predicted octanol–water partition coefficient (Wildman–Crippen LogP) is 2.84. The van der Waals surface area contributed by atoms with E-state index in [1.165, 1.54) is 0 Å². The summed E-state index contributed by atoms with van der Waals surface area (Å²) in [6.45, 7) is 5.51. The summed E-state index contributed by atoms with van der Waals surface area (Å²) in [5.41, 5.74) is 7.11. The maximum Gasteiger partial charge on any atom is 0.0599 e. The lowest BCUT2D eigenvalue weighted by molar-refractivity contribution is 0.00453. The zero-order chi connectivity index (χ0) is 13.7. The van der Waals surface area contributed by atoms with Gasteiger partial charge in [-0.3, -0.25) is 4.90 Å². The van der Waals surface area contributed by atoms with E-state index < -0.39 is 0 Å². The molecule has 1 heterocycles. The lowest BCUT2D eigenvalue weighted by Crippen LogP contribution is -2.42. The molecule has 0 spiro atoms. The Kier molecular flexibility index (Phi) is 5.64. The number of halogens is 1. The van der Waals surface area contributed by atoms with Crippen molar-refractivity contribution in [3.8, 4) is 0 Å². The zero-order valence-corrected chi connectivity index (χ0v) is 12.3. The Morgan fingerprint density at radius 1 is 1.37 bits per heavy atom. The first-order valence-corrected chi connectivity index (χ1v) is 7.44. The highest BCUT2D eigenvalue weighted by atomic mass is 35.5. The van der Waals surface area contributed by atoms with Crippen molar-refractivity contribution >= 4 is 11.6 Å². The minimum atomic E-state index is 0.219. The molecule has 3 nitrogen and oxygen atoms in total. The first-order valence-electron chi connectivity index (χ1n) is 7.06. The largest absolute Gasteiger partial charge is 0.378 e. The molecule has 1 saturated heterocycles. The number of rotatable bonds is 5. The second kappa shape index (κ2) is 7.25. The molecule has 0 aliphatic carbocycles. The van der Waals surface area contributed by atoms with Gasteiger partial charge in [-0.2, -0.15) is 0 Å². The monoisotopic (exact) mass is 282 g/mol. The highest BCUT2D eigenvalue weighted by Crippen LogP contribution is 2.29. The van der Waals surface area contributed by atoms with E-state index in [4.69, 9.17) is 22.1 Å². The van der Waals surface area contributed by atoms with E-state index >= 15 is 0 Å². The number of nitrogens with zero attached hydrogens (tertiary/aromatic N) is 1. The van der Waals surface area contributed by atoms with Crippen LogP contribution in [-0.4, -0.2) is 37.2 Å². The Hall–Kier alpha value is -0.610. The molecular weight excluding hydrogens is 260 g/mol. The average molecular weight is 283 g/mol. The van der Waals surface area contributed by atoms with Crippen LogP contribution < -0.4 is 5.73 Å². The molecule has 1 fully saturated rings. The van der Waals surface area contributed by atoms with Gasteiger partial charge in [-0.25, -0.2) is 0 Å². The van der Waals surface area contributed by atoms with E-state index in [1.54, 1.807) is 0 Å². The Labute approximate surface area is 120 Å². The smallest absolute Gasteiger partial charge is 0.0599 e. The predicted molar refractivity (Wildman–Crippen MR) is 79.5 cm³/mol. The third-order valence-electron chi connectivity index (χ3n) is 3.81. The van der Waals surface area contributed by atoms with Crippen LogP contribution in [0.1, 0.15) is 31.4 Å². The van der Waals surface area contributed by atoms with Crippen molar-refractivity contribution in [2.24, 2.45) is 5.73 Å². The van der Waals surface area contributed by atoms with Crippen LogP contribution in [0.25, 0.3) is 0 Å². The molecule has 0 aromatic heterocycles. The van der Waals surface area contributed by atoms with Crippen LogP contribution in [0.3, 0.4) is 0 Å². The SMILES string of the molecule is CCOC1CCN(C(CN)c2ccccc2Cl)CC1. The maximum absolute atomic E-state index is 6.29. The Morgan fingerprint density at radius 3 is 2.63 bits per heavy atom. The van der Waals surface area contributed by atoms with E-state index in [9.17, 15) is 0 Å². The number of ether oxygens (including phenoxy) is 1. The molecule has 4 heteroatoms. The van der Waals surface area contributed by atoms with Crippen LogP contribution >= 0.6 is 11.6 Å². The number of hydrogen-bond donors (Lipinski definition) is 1. The summed E-state index contributed by atoms with van der Waals surface area (Å²) < 4.78 is 5.69. The van der Waals surface area contributed by atoms with Gasteiger partial charge in [-0.1, -0.05) is 29.8 Å². The summed E-state index contributed by atoms with van der Waals surface area (Å²) in [6.07, 6.45) is 2.56. The zero-order valence-electron chi connectivity index (χ0n) is 11.5. The fourth-order valence-electron chi connectivity index (χ4n) is 2.81. The second-order valence-corrected chi connectivity index (χ2v) is 5.37. The summed E-state index contributed by atoms with van der Waals surface area (Å²) in [7, 11) is 0. The van der Waals surface area contributed by atoms with Crippen molar-refractivity contribution in [3.05, 3.63) is 34.9 Å². The van der Waals surface area contributed by atoms with Crippen molar-refractivity contribution < 1.29 is 4.74 Å². The molecule has 0 radical (unpaired) electrons. The quantitative estimate of drug-likeness (QED) is 0.902. The number of hydrogen-bond acceptors (Lipinski definition) is 3. The van der Waals surface area contributed by atoms with Gasteiger partial charge in [-0.05, 0) is 31.4 Å². The van der Waals surface area contributed by atoms with Gasteiger partial charge in [0, 0.05) is 37.3 Å². The molecule has 0 amide bonds. The van der Waals surface area contributed by atoms with Gasteiger partial charge in [0.05, 0.1) is 6.10 Å². The molecular formula is C15H23ClN2O. The topological polar surface area (TPSA) is 38.5 Å². The van der Waals surface area contributed by atoms with Gasteiger partial charge in [0.1, 0.15) is 0 Å². The molecule has 1 aromatic carbocycles. The second-order valence-electron chi connectivity index (χ2n) is 4.96. The Morgan fingerprint density at radius 2 is 2.05 bits per heavy atom. The van der Waals surface area contributed by atoms with E-state index in [1.807, 2.05) is 18.2 Å². The van der Waals surface area contributed by atoms with E-state index in [0.29, 0.717) is 12.6 Å². The van der Waals surface area contributed by atoms with E-state index in [-0.39, 0.29) is 6.04 Å². The Bertz CT molecular complexity index is 391. The van der Waals surface area contributed by atoms with Gasteiger partial charge in [0.15, 0.2) is 0 Å². The van der Waals surface area contributed by atoms with Gasteiger partial charge in [-0.15, -0.1) is 0 Å². The number of nitrogens with two attached hydrogens (primary N) is 1. The average Bonchev–Trinajstić information content (AvgIpc) is 2.44. The minimum Gasteiger partial charge on any atom is -0.378 e. The third-order valence-corrected chi connectivity index (χ3v) is 4.15. The molecule has 1 aliphatic rings. The summed E-state index contributed by atoms with van der Waals surface area (Å²) >= 11 is 6.29. The van der Waals surface area contributed by atoms with Crippen molar-refractivity contribution in [2.75, 3.05) is 26.2 Å². The molecule has 106 valence electrons. The van der Waals surface area contributed by atoms with Gasteiger partial charge < -0.3 is 10.5 Å². The van der Waals surface area contributed by atoms with Crippen molar-refractivity contribution in [2.45, 2.75) is 31.9 Å². The first kappa shape index (κ1) is 14.8. The lowest BCUT2D eigenvalue weighted by Gasteiger charge is -2.37. The first-order chi connectivity index (χ1) is 9.26. The summed E-state index contributed by atoms with van der Waals surface area (Å²) in [5, 5.41) is 0.810. The van der Waals surface area contributed by atoms with Gasteiger partial charge in [0.2, 0.25) is 0 Å². The molecule has 0 bridgehead atoms. The molecule has 2 N–H and O–H groups in total. The molecule has 0 saturated carbocycles. The normalized spacial score (nSPS) is 19.5. The Balaban J connectivity index is 2.02. The maximum atomic E-state index is 6.29. The van der Waals surface area contributed by atoms with Crippen molar-refractivity contribution in [1.29, 1.82) is 0 Å². The number of likely N-dealkylation sites (tertiary alicyclic amines) is 1. The van der Waals surface area contributed by atoms with Crippen LogP contribution in [0, 0.1) is 0 Å². The number of piperidine rings is 1. The van der Waals surface area contributed by atoms with Crippen molar-refractivity contribution in [1.82, 2.24) is 4.90 Å².